The van der Waals surface area contributed by atoms with E-state index in [-0.39, 0.29) is 5.91 Å². The van der Waals surface area contributed by atoms with Gasteiger partial charge in [0, 0.05) is 31.4 Å². The van der Waals surface area contributed by atoms with Gasteiger partial charge in [0.1, 0.15) is 5.82 Å². The number of hydrogen-bond donors (Lipinski definition) is 1. The van der Waals surface area contributed by atoms with Gasteiger partial charge in [-0.1, -0.05) is 12.8 Å². The Balaban J connectivity index is 1.40. The van der Waals surface area contributed by atoms with Gasteiger partial charge in [-0.2, -0.15) is 0 Å². The summed E-state index contributed by atoms with van der Waals surface area (Å²) in [7, 11) is 0. The van der Waals surface area contributed by atoms with E-state index in [0.29, 0.717) is 12.5 Å². The molecule has 1 aromatic rings. The molecule has 1 N–H and O–H groups in total. The molecule has 3 atom stereocenters. The number of aromatic nitrogens is 2. The minimum atomic E-state index is 0.236. The molecule has 0 radical (unpaired) electrons. The van der Waals surface area contributed by atoms with Crippen LogP contribution >= 0.6 is 0 Å². The van der Waals surface area contributed by atoms with Gasteiger partial charge in [-0.3, -0.25) is 4.79 Å². The molecule has 3 rings (SSSR count). The molecule has 4 nitrogen and oxygen atoms in total. The number of rotatable bonds is 5. The van der Waals surface area contributed by atoms with Crippen LogP contribution in [0.25, 0.3) is 0 Å². The van der Waals surface area contributed by atoms with Crippen molar-refractivity contribution in [2.45, 2.75) is 64.5 Å². The van der Waals surface area contributed by atoms with Gasteiger partial charge >= 0.3 is 0 Å². The summed E-state index contributed by atoms with van der Waals surface area (Å²) in [5.74, 6) is 2.93. The Morgan fingerprint density at radius 1 is 1.40 bits per heavy atom. The third-order valence-electron chi connectivity index (χ3n) is 5.16. The Morgan fingerprint density at radius 3 is 3.10 bits per heavy atom. The van der Waals surface area contributed by atoms with Crippen molar-refractivity contribution in [2.24, 2.45) is 11.8 Å². The summed E-state index contributed by atoms with van der Waals surface area (Å²) in [6, 6.07) is 0.463. The van der Waals surface area contributed by atoms with Gasteiger partial charge in [0.05, 0.1) is 0 Å². The van der Waals surface area contributed by atoms with Crippen LogP contribution in [0, 0.1) is 18.8 Å². The summed E-state index contributed by atoms with van der Waals surface area (Å²) >= 11 is 0. The molecule has 2 saturated carbocycles. The highest BCUT2D eigenvalue weighted by Gasteiger charge is 2.39. The first kappa shape index (κ1) is 13.7. The van der Waals surface area contributed by atoms with E-state index in [1.807, 2.05) is 19.3 Å². The average Bonchev–Trinajstić information content (AvgIpc) is 3.10. The molecule has 110 valence electrons. The van der Waals surface area contributed by atoms with Crippen molar-refractivity contribution in [3.63, 3.8) is 0 Å². The average molecular weight is 275 g/mol. The quantitative estimate of drug-likeness (QED) is 0.898. The van der Waals surface area contributed by atoms with E-state index >= 15 is 0 Å². The van der Waals surface area contributed by atoms with Crippen LogP contribution in [0.1, 0.15) is 50.8 Å². The summed E-state index contributed by atoms with van der Waals surface area (Å²) in [6.07, 6.45) is 11.9. The van der Waals surface area contributed by atoms with Crippen molar-refractivity contribution in [3.8, 4) is 0 Å². The fourth-order valence-corrected chi connectivity index (χ4v) is 4.07. The summed E-state index contributed by atoms with van der Waals surface area (Å²) in [6.45, 7) is 2.88. The van der Waals surface area contributed by atoms with E-state index in [2.05, 4.69) is 14.9 Å². The predicted octanol–water partition coefficient (Wildman–Crippen LogP) is 2.67. The third-order valence-corrected chi connectivity index (χ3v) is 5.16. The molecular weight excluding hydrogens is 250 g/mol. The fraction of sp³-hybridized carbons (Fsp3) is 0.750. The number of nitrogens with one attached hydrogen (secondary N) is 1. The minimum Gasteiger partial charge on any atom is -0.353 e. The second-order valence-corrected chi connectivity index (χ2v) is 6.38. The molecule has 1 aromatic heterocycles. The second kappa shape index (κ2) is 5.98. The van der Waals surface area contributed by atoms with Gasteiger partial charge in [0.25, 0.3) is 0 Å². The lowest BCUT2D eigenvalue weighted by Crippen LogP contribution is -2.37. The molecule has 2 aliphatic carbocycles. The summed E-state index contributed by atoms with van der Waals surface area (Å²) < 4.78 is 2.11. The van der Waals surface area contributed by atoms with Crippen LogP contribution in [-0.4, -0.2) is 21.5 Å². The van der Waals surface area contributed by atoms with E-state index in [1.54, 1.807) is 0 Å². The van der Waals surface area contributed by atoms with E-state index in [1.165, 1.54) is 32.1 Å². The first-order valence-electron chi connectivity index (χ1n) is 8.01. The van der Waals surface area contributed by atoms with Gasteiger partial charge < -0.3 is 9.88 Å². The van der Waals surface area contributed by atoms with E-state index in [0.717, 1.165) is 30.6 Å². The van der Waals surface area contributed by atoms with Crippen LogP contribution in [0.3, 0.4) is 0 Å². The number of fused-ring (bicyclic) bond motifs is 1. The number of aryl methyl sites for hydroxylation is 2. The molecule has 1 amide bonds. The van der Waals surface area contributed by atoms with Gasteiger partial charge in [-0.05, 0) is 44.4 Å². The Bertz CT molecular complexity index is 468. The lowest BCUT2D eigenvalue weighted by atomic mass is 9.97. The largest absolute Gasteiger partial charge is 0.353 e. The Hall–Kier alpha value is -1.32. The molecular formula is C16H25N3O. The zero-order valence-corrected chi connectivity index (χ0v) is 12.3. The van der Waals surface area contributed by atoms with Crippen LogP contribution in [-0.2, 0) is 11.3 Å². The minimum absolute atomic E-state index is 0.236. The van der Waals surface area contributed by atoms with Gasteiger partial charge in [0.15, 0.2) is 0 Å². The van der Waals surface area contributed by atoms with Crippen molar-refractivity contribution < 1.29 is 4.79 Å². The maximum atomic E-state index is 12.1. The van der Waals surface area contributed by atoms with Crippen molar-refractivity contribution in [1.82, 2.24) is 14.9 Å². The number of hydrogen-bond acceptors (Lipinski definition) is 2. The van der Waals surface area contributed by atoms with Crippen LogP contribution in [0.15, 0.2) is 12.4 Å². The fourth-order valence-electron chi connectivity index (χ4n) is 4.07. The first-order chi connectivity index (χ1) is 9.74. The maximum Gasteiger partial charge on any atom is 0.220 e. The normalized spacial score (nSPS) is 28.6. The van der Waals surface area contributed by atoms with Crippen molar-refractivity contribution in [3.05, 3.63) is 18.2 Å². The SMILES string of the molecule is Cc1nccn1CCCC(=O)N[C@@H]1CC[C@H]2CCC[C@H]21. The lowest BCUT2D eigenvalue weighted by molar-refractivity contribution is -0.122. The number of nitrogens with zero attached hydrogens (tertiary/aromatic N) is 2. The van der Waals surface area contributed by atoms with Crippen LogP contribution < -0.4 is 5.32 Å². The predicted molar refractivity (Wildman–Crippen MR) is 78.2 cm³/mol. The van der Waals surface area contributed by atoms with Gasteiger partial charge in [-0.15, -0.1) is 0 Å². The van der Waals surface area contributed by atoms with E-state index < -0.39 is 0 Å². The summed E-state index contributed by atoms with van der Waals surface area (Å²) in [5, 5.41) is 3.28. The zero-order valence-electron chi connectivity index (χ0n) is 12.3. The zero-order chi connectivity index (χ0) is 13.9. The smallest absolute Gasteiger partial charge is 0.220 e. The molecule has 0 aromatic carbocycles. The third kappa shape index (κ3) is 2.89. The molecule has 0 aliphatic heterocycles. The van der Waals surface area contributed by atoms with Crippen molar-refractivity contribution in [1.29, 1.82) is 0 Å². The highest BCUT2D eigenvalue weighted by atomic mass is 16.1. The Morgan fingerprint density at radius 2 is 2.30 bits per heavy atom. The summed E-state index contributed by atoms with van der Waals surface area (Å²) in [4.78, 5) is 16.3. The van der Waals surface area contributed by atoms with Gasteiger partial charge in [0.2, 0.25) is 5.91 Å². The second-order valence-electron chi connectivity index (χ2n) is 6.38. The number of carbonyl (C=O) groups excluding carboxylic acids is 1. The van der Waals surface area contributed by atoms with Crippen LogP contribution in [0.2, 0.25) is 0 Å². The monoisotopic (exact) mass is 275 g/mol. The van der Waals surface area contributed by atoms with Crippen molar-refractivity contribution >= 4 is 5.91 Å². The van der Waals surface area contributed by atoms with E-state index in [9.17, 15) is 4.79 Å². The lowest BCUT2D eigenvalue weighted by Gasteiger charge is -2.20. The van der Waals surface area contributed by atoms with Crippen molar-refractivity contribution in [2.75, 3.05) is 0 Å². The first-order valence-corrected chi connectivity index (χ1v) is 8.01. The molecule has 1 heterocycles. The Kier molecular flexibility index (Phi) is 4.08. The molecule has 0 bridgehead atoms. The molecule has 20 heavy (non-hydrogen) atoms. The molecule has 4 heteroatoms. The van der Waals surface area contributed by atoms with E-state index in [4.69, 9.17) is 0 Å². The molecule has 0 saturated heterocycles. The molecule has 0 unspecified atom stereocenters. The standard InChI is InChI=1S/C16H25N3O/c1-12-17-9-11-19(12)10-3-6-16(20)18-15-8-7-13-4-2-5-14(13)15/h9,11,13-15H,2-8,10H2,1H3,(H,18,20)/t13-,14-,15-/m1/s1. The molecule has 2 aliphatic rings. The topological polar surface area (TPSA) is 46.9 Å². The Labute approximate surface area is 121 Å². The highest BCUT2D eigenvalue weighted by Crippen LogP contribution is 2.43. The van der Waals surface area contributed by atoms with Gasteiger partial charge in [-0.25, -0.2) is 4.98 Å². The van der Waals surface area contributed by atoms with Crippen LogP contribution in [0.4, 0.5) is 0 Å². The molecule has 2 fully saturated rings. The summed E-state index contributed by atoms with van der Waals surface area (Å²) in [5.41, 5.74) is 0. The van der Waals surface area contributed by atoms with Crippen LogP contribution in [0.5, 0.6) is 0 Å². The maximum absolute atomic E-state index is 12.1. The number of imidazole rings is 1. The highest BCUT2D eigenvalue weighted by molar-refractivity contribution is 5.76. The number of carbonyl (C=O) groups is 1. The molecule has 0 spiro atoms. The number of amides is 1.